The Balaban J connectivity index is 0.000000653. The summed E-state index contributed by atoms with van der Waals surface area (Å²) in [6, 6.07) is 38.3. The lowest BCUT2D eigenvalue weighted by atomic mass is 10.1. The van der Waals surface area contributed by atoms with E-state index in [1.165, 1.54) is 44.5 Å². The summed E-state index contributed by atoms with van der Waals surface area (Å²) in [5.74, 6) is 0. The van der Waals surface area contributed by atoms with Gasteiger partial charge in [0.2, 0.25) is 11.4 Å². The van der Waals surface area contributed by atoms with Crippen molar-refractivity contribution in [2.45, 2.75) is 40.5 Å². The van der Waals surface area contributed by atoms with Gasteiger partial charge in [-0.05, 0) is 109 Å². The third-order valence-electron chi connectivity index (χ3n) is 9.54. The molecule has 2 aromatic heterocycles. The number of allylic oxidation sites excluding steroid dienone is 2. The predicted octanol–water partition coefficient (Wildman–Crippen LogP) is 0.104. The van der Waals surface area contributed by atoms with Crippen molar-refractivity contribution in [3.8, 4) is 0 Å². The first-order valence-electron chi connectivity index (χ1n) is 18.9. The zero-order chi connectivity index (χ0) is 44.9. The number of aryl methyl sites for hydroxylation is 4. The van der Waals surface area contributed by atoms with E-state index in [2.05, 4.69) is 181 Å². The molecule has 4 aromatic carbocycles. The van der Waals surface area contributed by atoms with E-state index in [1.807, 2.05) is 24.8 Å². The molecule has 0 aliphatic carbocycles. The van der Waals surface area contributed by atoms with Crippen LogP contribution in [-0.4, -0.2) is 12.4 Å². The number of pyridine rings is 2. The molecule has 7 rings (SSSR count). The number of hydrogen-bond acceptors (Lipinski definition) is 12. The zero-order valence-electron chi connectivity index (χ0n) is 34.2. The number of hydrogen-bond donors (Lipinski definition) is 2. The molecule has 0 bridgehead atoms. The molecule has 0 atom stereocenters. The van der Waals surface area contributed by atoms with Crippen molar-refractivity contribution in [3.63, 3.8) is 0 Å². The number of nitrogens with one attached hydrogen (secondary N) is 2. The van der Waals surface area contributed by atoms with Crippen LogP contribution in [-0.2, 0) is 12.8 Å². The van der Waals surface area contributed by atoms with Gasteiger partial charge in [0.25, 0.3) is 0 Å². The maximum absolute atomic E-state index is 8.49. The van der Waals surface area contributed by atoms with Crippen LogP contribution >= 0.6 is 0 Å². The zero-order valence-corrected chi connectivity index (χ0v) is 35.7. The van der Waals surface area contributed by atoms with Gasteiger partial charge in [-0.25, -0.2) is 47.3 Å². The van der Waals surface area contributed by atoms with E-state index < -0.39 is 20.5 Å². The molecule has 2 N–H and O–H groups in total. The lowest BCUT2D eigenvalue weighted by Gasteiger charge is -2.17. The van der Waals surface area contributed by atoms with Crippen LogP contribution in [0.3, 0.4) is 0 Å². The summed E-state index contributed by atoms with van der Waals surface area (Å²) < 4.78 is 72.1. The van der Waals surface area contributed by atoms with E-state index in [1.54, 1.807) is 0 Å². The largest absolute Gasteiger partial charge is 0.354 e. The molecule has 62 heavy (non-hydrogen) atoms. The normalized spacial score (nSPS) is 14.3. The fraction of sp³-hybridized carbons (Fsp3) is 0.130. The highest BCUT2D eigenvalue weighted by atomic mass is 35.7. The van der Waals surface area contributed by atoms with Crippen LogP contribution in [0.5, 0.6) is 0 Å². The van der Waals surface area contributed by atoms with Gasteiger partial charge in [-0.2, -0.15) is 9.13 Å². The number of rotatable bonds is 6. The van der Waals surface area contributed by atoms with Gasteiger partial charge in [-0.15, -0.1) is 20.5 Å². The first kappa shape index (κ1) is 46.9. The van der Waals surface area contributed by atoms with Gasteiger partial charge in [0.1, 0.15) is 12.4 Å². The van der Waals surface area contributed by atoms with E-state index >= 15 is 0 Å². The van der Waals surface area contributed by atoms with Crippen molar-refractivity contribution < 1.29 is 66.9 Å². The molecule has 0 fully saturated rings. The number of aromatic nitrogens is 2. The van der Waals surface area contributed by atoms with Crippen molar-refractivity contribution in [3.05, 3.63) is 191 Å². The quantitative estimate of drug-likeness (QED) is 0.214. The summed E-state index contributed by atoms with van der Waals surface area (Å²) >= 11 is 0. The van der Waals surface area contributed by atoms with Gasteiger partial charge < -0.3 is 10.6 Å². The number of benzene rings is 4. The molecular formula is C46H44Cl2N6O8. The summed E-state index contributed by atoms with van der Waals surface area (Å²) in [5, 5.41) is 7.18. The van der Waals surface area contributed by atoms with Crippen LogP contribution in [0.15, 0.2) is 156 Å². The smallest absolute Gasteiger partial charge is 0.245 e. The van der Waals surface area contributed by atoms with Gasteiger partial charge in [-0.1, -0.05) is 60.7 Å². The van der Waals surface area contributed by atoms with Gasteiger partial charge >= 0.3 is 0 Å². The molecule has 0 saturated heterocycles. The summed E-state index contributed by atoms with van der Waals surface area (Å²) in [5.41, 5.74) is 15.0. The second-order valence-electron chi connectivity index (χ2n) is 14.2. The number of fused-ring (bicyclic) bond motifs is 2. The van der Waals surface area contributed by atoms with Gasteiger partial charge in [0.05, 0.1) is 35.1 Å². The Morgan fingerprint density at radius 2 is 0.726 bits per heavy atom. The Labute approximate surface area is 364 Å². The molecule has 3 heterocycles. The third-order valence-corrected chi connectivity index (χ3v) is 9.54. The Morgan fingerprint density at radius 3 is 1.05 bits per heavy atom. The molecule has 320 valence electrons. The van der Waals surface area contributed by atoms with E-state index in [9.17, 15) is 0 Å². The minimum Gasteiger partial charge on any atom is -0.354 e. The summed E-state index contributed by atoms with van der Waals surface area (Å²) in [6.45, 7) is 8.50. The van der Waals surface area contributed by atoms with Crippen LogP contribution in [0.4, 0.5) is 22.7 Å². The summed E-state index contributed by atoms with van der Waals surface area (Å²) in [6.07, 6.45) is 18.0. The Hall–Kier alpha value is -6.14. The fourth-order valence-corrected chi connectivity index (χ4v) is 6.14. The predicted molar refractivity (Wildman–Crippen MR) is 216 cm³/mol. The van der Waals surface area contributed by atoms with Crippen molar-refractivity contribution in [1.29, 1.82) is 0 Å². The van der Waals surface area contributed by atoms with Crippen molar-refractivity contribution in [2.24, 2.45) is 9.98 Å². The SMILES string of the molecule is Cc1cc2c(cc1C)N/C=C(/[n+]1ccc(Cc3ccccc3)cc1)C=Nc1cc(C)c(C)cc1N/C=C(/[n+]1ccc(Cc3ccccc3)cc1)C=N2.[O-][Cl+3]([O-])([O-])[O-].[O-][Cl+3]([O-])([O-])[O-]. The van der Waals surface area contributed by atoms with Crippen LogP contribution in [0, 0.1) is 48.2 Å². The summed E-state index contributed by atoms with van der Waals surface area (Å²) in [4.78, 5) is 10.2. The number of aliphatic imine (C=N–C) groups is 2. The van der Waals surface area contributed by atoms with Crippen LogP contribution in [0.1, 0.15) is 44.5 Å². The van der Waals surface area contributed by atoms with E-state index in [0.29, 0.717) is 0 Å². The third kappa shape index (κ3) is 15.7. The maximum atomic E-state index is 8.49. The van der Waals surface area contributed by atoms with Crippen molar-refractivity contribution in [2.75, 3.05) is 10.6 Å². The van der Waals surface area contributed by atoms with E-state index in [4.69, 9.17) is 47.3 Å². The highest BCUT2D eigenvalue weighted by molar-refractivity contribution is 6.02. The molecule has 0 spiro atoms. The molecule has 16 heteroatoms. The van der Waals surface area contributed by atoms with Crippen LogP contribution < -0.4 is 57.0 Å². The number of anilines is 2. The van der Waals surface area contributed by atoms with E-state index in [-0.39, 0.29) is 0 Å². The maximum Gasteiger partial charge on any atom is 0.245 e. The molecule has 1 aliphatic heterocycles. The standard InChI is InChI=1S/C46H44N6.2ClHO4/c1-33-23-43-44(24-34(33)2)48-30-42(52-21-17-40(18-22-52)28-38-13-9-6-10-14-38)32-50-46-26-36(4)35(3)25-45(46)49-31-41(29-47-43)51-19-15-39(16-20-51)27-37-11-7-5-8-12-37;2*2-1(3,4)5/h5-26,29-32,47,50H,27-28H2,1-4H3;2*(H,2,3,4,5)/q+2;;/p-2/b41-29+,42-32+,48-30?,49-31?;;. The molecule has 1 aliphatic rings. The van der Waals surface area contributed by atoms with Crippen molar-refractivity contribution >= 4 is 46.6 Å². The van der Waals surface area contributed by atoms with Gasteiger partial charge in [-0.3, -0.25) is 0 Å². The highest BCUT2D eigenvalue weighted by Crippen LogP contribution is 2.31. The average molecular weight is 880 g/mol. The molecule has 0 amide bonds. The Morgan fingerprint density at radius 1 is 0.435 bits per heavy atom. The number of nitrogens with zero attached hydrogens (tertiary/aromatic N) is 4. The lowest BCUT2D eigenvalue weighted by molar-refractivity contribution is -2.00. The lowest BCUT2D eigenvalue weighted by Crippen LogP contribution is -2.68. The highest BCUT2D eigenvalue weighted by Gasteiger charge is 2.15. The minimum absolute atomic E-state index is 0.843. The molecule has 6 aromatic rings. The fourth-order valence-electron chi connectivity index (χ4n) is 6.14. The van der Waals surface area contributed by atoms with Crippen molar-refractivity contribution in [1.82, 2.24) is 0 Å². The first-order valence-corrected chi connectivity index (χ1v) is 21.4. The van der Waals surface area contributed by atoms with Crippen LogP contribution in [0.2, 0.25) is 0 Å². The Kier molecular flexibility index (Phi) is 16.3. The molecular weight excluding hydrogens is 835 g/mol. The second kappa shape index (κ2) is 21.6. The monoisotopic (exact) mass is 878 g/mol. The molecule has 14 nitrogen and oxygen atoms in total. The topological polar surface area (TPSA) is 241 Å². The first-order chi connectivity index (χ1) is 29.4. The minimum atomic E-state index is -4.94. The summed E-state index contributed by atoms with van der Waals surface area (Å²) in [7, 11) is -9.89. The number of halogens is 2. The van der Waals surface area contributed by atoms with Crippen LogP contribution in [0.25, 0.3) is 11.4 Å². The van der Waals surface area contributed by atoms with Gasteiger partial charge in [0, 0.05) is 24.3 Å². The molecule has 0 radical (unpaired) electrons. The molecule has 0 saturated carbocycles. The Bertz CT molecular complexity index is 2350. The van der Waals surface area contributed by atoms with Gasteiger partial charge in [0.15, 0.2) is 24.8 Å². The van der Waals surface area contributed by atoms with E-state index in [0.717, 1.165) is 47.0 Å². The average Bonchev–Trinajstić information content (AvgIpc) is 3.21. The molecule has 0 unspecified atom stereocenters. The second-order valence-corrected chi connectivity index (χ2v) is 15.7.